The van der Waals surface area contributed by atoms with Crippen molar-refractivity contribution in [1.29, 1.82) is 0 Å². The number of fused-ring (bicyclic) bond motifs is 1. The van der Waals surface area contributed by atoms with Crippen LogP contribution in [0.5, 0.6) is 0 Å². The van der Waals surface area contributed by atoms with Crippen LogP contribution in [0.3, 0.4) is 0 Å². The van der Waals surface area contributed by atoms with Gasteiger partial charge in [0.05, 0.1) is 6.33 Å². The molecule has 1 aromatic rings. The number of carbonyl (C=O) groups is 4. The van der Waals surface area contributed by atoms with E-state index in [0.717, 1.165) is 4.90 Å². The van der Waals surface area contributed by atoms with Crippen LogP contribution in [0.15, 0.2) is 12.5 Å². The molecule has 0 radical (unpaired) electrons. The number of hydrogen-bond donors (Lipinski definition) is 6. The van der Waals surface area contributed by atoms with Crippen molar-refractivity contribution in [2.45, 2.75) is 24.8 Å². The molecule has 5 amide bonds. The number of aromatic amines is 1. The van der Waals surface area contributed by atoms with Gasteiger partial charge in [-0.25, -0.2) is 19.4 Å². The number of nitrogens with zero attached hydrogens (tertiary/aromatic N) is 2. The molecule has 2 saturated heterocycles. The first kappa shape index (κ1) is 15.6. The van der Waals surface area contributed by atoms with E-state index in [0.29, 0.717) is 5.69 Å². The molecule has 3 heterocycles. The summed E-state index contributed by atoms with van der Waals surface area (Å²) in [5.74, 6) is -1.86. The lowest BCUT2D eigenvalue weighted by Crippen LogP contribution is -2.51. The molecule has 12 nitrogen and oxygen atoms in total. The largest absolute Gasteiger partial charge is 0.480 e. The van der Waals surface area contributed by atoms with E-state index in [2.05, 4.69) is 31.2 Å². The van der Waals surface area contributed by atoms with Gasteiger partial charge in [0.2, 0.25) is 5.91 Å². The van der Waals surface area contributed by atoms with Gasteiger partial charge in [-0.15, -0.1) is 0 Å². The molecule has 2 aliphatic rings. The summed E-state index contributed by atoms with van der Waals surface area (Å²) in [6, 6.07) is -2.16. The van der Waals surface area contributed by atoms with E-state index in [1.165, 1.54) is 12.5 Å². The van der Waals surface area contributed by atoms with Crippen LogP contribution in [-0.4, -0.2) is 68.8 Å². The van der Waals surface area contributed by atoms with Crippen LogP contribution in [0.4, 0.5) is 9.59 Å². The summed E-state index contributed by atoms with van der Waals surface area (Å²) in [4.78, 5) is 54.1. The van der Waals surface area contributed by atoms with E-state index in [9.17, 15) is 24.3 Å². The van der Waals surface area contributed by atoms with Crippen molar-refractivity contribution in [3.63, 3.8) is 0 Å². The monoisotopic (exact) mass is 337 g/mol. The Labute approximate surface area is 135 Å². The number of urea groups is 2. The third kappa shape index (κ3) is 3.06. The summed E-state index contributed by atoms with van der Waals surface area (Å²) in [6.07, 6.45) is 1.56. The van der Waals surface area contributed by atoms with Crippen molar-refractivity contribution < 1.29 is 24.3 Å². The van der Waals surface area contributed by atoms with Crippen molar-refractivity contribution >= 4 is 23.9 Å². The number of aromatic nitrogens is 2. The number of hydrogen-bond acceptors (Lipinski definition) is 5. The summed E-state index contributed by atoms with van der Waals surface area (Å²) in [5, 5.41) is 19.0. The molecular formula is C12H15N7O5. The molecular weight excluding hydrogens is 322 g/mol. The van der Waals surface area contributed by atoms with Gasteiger partial charge in [-0.1, -0.05) is 0 Å². The molecule has 128 valence electrons. The molecule has 3 rings (SSSR count). The van der Waals surface area contributed by atoms with Crippen LogP contribution in [-0.2, 0) is 16.0 Å². The zero-order valence-electron chi connectivity index (χ0n) is 12.3. The fourth-order valence-electron chi connectivity index (χ4n) is 2.58. The highest BCUT2D eigenvalue weighted by atomic mass is 16.4. The maximum atomic E-state index is 12.1. The van der Waals surface area contributed by atoms with Gasteiger partial charge in [-0.2, -0.15) is 0 Å². The zero-order valence-corrected chi connectivity index (χ0v) is 12.3. The second-order valence-corrected chi connectivity index (χ2v) is 5.36. The number of rotatable bonds is 6. The van der Waals surface area contributed by atoms with Gasteiger partial charge >= 0.3 is 18.0 Å². The first-order valence-electron chi connectivity index (χ1n) is 7.07. The fourth-order valence-corrected chi connectivity index (χ4v) is 2.58. The van der Waals surface area contributed by atoms with Gasteiger partial charge in [-0.3, -0.25) is 9.69 Å². The quantitative estimate of drug-likeness (QED) is 0.335. The molecule has 3 unspecified atom stereocenters. The molecule has 1 aromatic heterocycles. The minimum atomic E-state index is -1.21. The van der Waals surface area contributed by atoms with E-state index in [1.54, 1.807) is 0 Å². The lowest BCUT2D eigenvalue weighted by molar-refractivity contribution is -0.141. The molecule has 0 bridgehead atoms. The molecule has 0 aromatic carbocycles. The molecule has 2 aliphatic heterocycles. The standard InChI is InChI=1S/C12H15N7O5/c20-7(15-6(10(21)22)1-5-2-13-4-14-5)3-19-9-8(17-12(19)24)16-11(23)18-9/h2,4,6,8-9H,1,3H2,(H,13,14)(H,15,20)(H,17,24)(H,21,22)(H2,16,18,23). The van der Waals surface area contributed by atoms with Gasteiger partial charge in [0.1, 0.15) is 24.9 Å². The molecule has 24 heavy (non-hydrogen) atoms. The summed E-state index contributed by atoms with van der Waals surface area (Å²) >= 11 is 0. The van der Waals surface area contributed by atoms with Crippen LogP contribution in [0, 0.1) is 0 Å². The second kappa shape index (κ2) is 6.06. The summed E-state index contributed by atoms with van der Waals surface area (Å²) in [7, 11) is 0. The SMILES string of the molecule is O=C(CN1C(=O)NC2NC(=O)NC21)NC(Cc1cnc[nH]1)C(=O)O. The van der Waals surface area contributed by atoms with Crippen LogP contribution in [0.2, 0.25) is 0 Å². The van der Waals surface area contributed by atoms with E-state index < -0.39 is 42.3 Å². The topological polar surface area (TPSA) is 169 Å². The third-order valence-corrected chi connectivity index (χ3v) is 3.68. The van der Waals surface area contributed by atoms with E-state index in [-0.39, 0.29) is 13.0 Å². The summed E-state index contributed by atoms with van der Waals surface area (Å²) in [6.45, 7) is -0.387. The first-order valence-corrected chi connectivity index (χ1v) is 7.07. The molecule has 3 atom stereocenters. The minimum Gasteiger partial charge on any atom is -0.480 e. The number of aliphatic carboxylic acids is 1. The molecule has 0 aliphatic carbocycles. The van der Waals surface area contributed by atoms with Crippen molar-refractivity contribution in [1.82, 2.24) is 36.1 Å². The van der Waals surface area contributed by atoms with Gasteiger partial charge in [0.15, 0.2) is 0 Å². The van der Waals surface area contributed by atoms with Crippen LogP contribution >= 0.6 is 0 Å². The second-order valence-electron chi connectivity index (χ2n) is 5.36. The first-order chi connectivity index (χ1) is 11.4. The lowest BCUT2D eigenvalue weighted by atomic mass is 10.1. The fraction of sp³-hybridized carbons (Fsp3) is 0.417. The highest BCUT2D eigenvalue weighted by molar-refractivity contribution is 5.90. The van der Waals surface area contributed by atoms with Crippen molar-refractivity contribution in [3.05, 3.63) is 18.2 Å². The average Bonchev–Trinajstić information content (AvgIpc) is 3.18. The van der Waals surface area contributed by atoms with Crippen LogP contribution in [0.1, 0.15) is 5.69 Å². The number of H-pyrrole nitrogens is 1. The Hall–Kier alpha value is -3.31. The molecule has 0 spiro atoms. The Balaban J connectivity index is 1.60. The molecule has 0 saturated carbocycles. The Morgan fingerprint density at radius 1 is 1.33 bits per heavy atom. The zero-order chi connectivity index (χ0) is 17.3. The maximum absolute atomic E-state index is 12.1. The number of carboxylic acid groups (broad SMARTS) is 1. The number of carbonyl (C=O) groups excluding carboxylic acids is 3. The molecule has 12 heteroatoms. The van der Waals surface area contributed by atoms with Gasteiger partial charge in [0, 0.05) is 18.3 Å². The predicted octanol–water partition coefficient (Wildman–Crippen LogP) is -2.49. The lowest BCUT2D eigenvalue weighted by Gasteiger charge is -2.21. The van der Waals surface area contributed by atoms with E-state index >= 15 is 0 Å². The van der Waals surface area contributed by atoms with Crippen molar-refractivity contribution in [2.75, 3.05) is 6.54 Å². The number of amides is 5. The average molecular weight is 337 g/mol. The normalized spacial score (nSPS) is 23.1. The number of imidazole rings is 1. The van der Waals surface area contributed by atoms with Gasteiger partial charge in [0.25, 0.3) is 0 Å². The third-order valence-electron chi connectivity index (χ3n) is 3.68. The Kier molecular flexibility index (Phi) is 3.93. The van der Waals surface area contributed by atoms with E-state index in [4.69, 9.17) is 0 Å². The van der Waals surface area contributed by atoms with Crippen molar-refractivity contribution in [3.8, 4) is 0 Å². The number of carboxylic acids is 1. The number of nitrogens with one attached hydrogen (secondary N) is 5. The van der Waals surface area contributed by atoms with Gasteiger partial charge in [-0.05, 0) is 0 Å². The Morgan fingerprint density at radius 2 is 2.12 bits per heavy atom. The molecule has 2 fully saturated rings. The van der Waals surface area contributed by atoms with Crippen molar-refractivity contribution in [2.24, 2.45) is 0 Å². The Morgan fingerprint density at radius 3 is 2.79 bits per heavy atom. The van der Waals surface area contributed by atoms with Gasteiger partial charge < -0.3 is 31.4 Å². The minimum absolute atomic E-state index is 0.0254. The highest BCUT2D eigenvalue weighted by Crippen LogP contribution is 2.13. The maximum Gasteiger partial charge on any atom is 0.326 e. The van der Waals surface area contributed by atoms with E-state index in [1.807, 2.05) is 0 Å². The Bertz CT molecular complexity index is 675. The predicted molar refractivity (Wildman–Crippen MR) is 76.3 cm³/mol. The van der Waals surface area contributed by atoms with Crippen LogP contribution in [0.25, 0.3) is 0 Å². The summed E-state index contributed by atoms with van der Waals surface area (Å²) < 4.78 is 0. The smallest absolute Gasteiger partial charge is 0.326 e. The summed E-state index contributed by atoms with van der Waals surface area (Å²) in [5.41, 5.74) is 0.550. The highest BCUT2D eigenvalue weighted by Gasteiger charge is 2.46. The molecule has 6 N–H and O–H groups in total. The van der Waals surface area contributed by atoms with Crippen LogP contribution < -0.4 is 21.3 Å².